The first-order valence-corrected chi connectivity index (χ1v) is 16.3. The predicted molar refractivity (Wildman–Crippen MR) is 177 cm³/mol. The van der Waals surface area contributed by atoms with Gasteiger partial charge in [-0.2, -0.15) is 0 Å². The number of hydrogen-bond donors (Lipinski definition) is 7. The first kappa shape index (κ1) is 40.7. The number of unbranched alkanes of at least 4 members (excludes halogenated alkanes) is 2. The molecular formula is C33H53N7O7. The minimum atomic E-state index is -1.10. The van der Waals surface area contributed by atoms with Crippen LogP contribution in [0, 0.1) is 11.8 Å². The minimum absolute atomic E-state index is 0.0103. The normalized spacial score (nSPS) is 13.4. The van der Waals surface area contributed by atoms with E-state index in [1.165, 1.54) is 0 Å². The lowest BCUT2D eigenvalue weighted by Gasteiger charge is -2.26. The second-order valence-corrected chi connectivity index (χ2v) is 12.0. The Bertz CT molecular complexity index is 1160. The molecule has 0 heterocycles. The van der Waals surface area contributed by atoms with Crippen molar-refractivity contribution in [1.82, 2.24) is 26.6 Å². The van der Waals surface area contributed by atoms with Crippen molar-refractivity contribution < 1.29 is 33.6 Å². The zero-order valence-corrected chi connectivity index (χ0v) is 27.8. The summed E-state index contributed by atoms with van der Waals surface area (Å²) in [5.74, 6) is -3.99. The zero-order chi connectivity index (χ0) is 35.2. The van der Waals surface area contributed by atoms with Gasteiger partial charge in [0.15, 0.2) is 5.78 Å². The van der Waals surface area contributed by atoms with Crippen LogP contribution in [0.4, 0.5) is 0 Å². The average Bonchev–Trinajstić information content (AvgIpc) is 3.03. The Morgan fingerprint density at radius 3 is 2.06 bits per heavy atom. The van der Waals surface area contributed by atoms with Gasteiger partial charge in [0, 0.05) is 18.8 Å². The second-order valence-electron chi connectivity index (χ2n) is 12.0. The molecule has 1 rings (SSSR count). The smallest absolute Gasteiger partial charge is 0.243 e. The van der Waals surface area contributed by atoms with Crippen LogP contribution in [0.3, 0.4) is 0 Å². The third-order valence-corrected chi connectivity index (χ3v) is 7.48. The minimum Gasteiger partial charge on any atom is -0.369 e. The van der Waals surface area contributed by atoms with E-state index in [0.29, 0.717) is 45.1 Å². The number of benzene rings is 1. The highest BCUT2D eigenvalue weighted by Crippen LogP contribution is 2.13. The van der Waals surface area contributed by atoms with Crippen molar-refractivity contribution in [3.8, 4) is 0 Å². The fourth-order valence-electron chi connectivity index (χ4n) is 4.86. The summed E-state index contributed by atoms with van der Waals surface area (Å²) in [5.41, 5.74) is 11.6. The van der Waals surface area contributed by atoms with Crippen molar-refractivity contribution in [3.05, 3.63) is 35.9 Å². The van der Waals surface area contributed by atoms with Crippen LogP contribution in [0.2, 0.25) is 0 Å². The number of rotatable bonds is 25. The van der Waals surface area contributed by atoms with Crippen molar-refractivity contribution in [2.24, 2.45) is 23.3 Å². The van der Waals surface area contributed by atoms with E-state index in [0.717, 1.165) is 12.0 Å². The van der Waals surface area contributed by atoms with Gasteiger partial charge in [0.25, 0.3) is 0 Å². The number of Topliss-reactive ketones (excluding diaryl/α,β-unsaturated/α-hetero) is 1. The standard InChI is InChI=1S/C33H53N7O7/c1-4-5-14-26(38-21-41)32(46)39-27(16-22(2)3)33(47)40-28(17-23-11-7-6-8-12-23)31(45)37-20-29(43)36-19-25(42)18-24(30(35)44)13-9-10-15-34/h6-8,11-12,21-22,24,26-28H,4-5,9-10,13-20,34H2,1-3H3,(H2,35,44)(H,36,43)(H,37,45)(H,38,41)(H,39,46)(H,40,47)/t24?,26-,27?,28-/m0/s1. The van der Waals surface area contributed by atoms with Gasteiger partial charge in [-0.15, -0.1) is 0 Å². The Hall–Kier alpha value is -4.33. The first-order chi connectivity index (χ1) is 22.4. The van der Waals surface area contributed by atoms with E-state index >= 15 is 0 Å². The highest BCUT2D eigenvalue weighted by Gasteiger charge is 2.30. The molecule has 0 radical (unpaired) electrons. The Morgan fingerprint density at radius 1 is 0.809 bits per heavy atom. The van der Waals surface area contributed by atoms with Gasteiger partial charge in [0.2, 0.25) is 35.9 Å². The second kappa shape index (κ2) is 23.1. The molecule has 4 atom stereocenters. The third-order valence-electron chi connectivity index (χ3n) is 7.48. The predicted octanol–water partition coefficient (Wildman–Crippen LogP) is -0.0283. The van der Waals surface area contributed by atoms with Crippen LogP contribution in [0.15, 0.2) is 30.3 Å². The number of nitrogens with one attached hydrogen (secondary N) is 5. The summed E-state index contributed by atoms with van der Waals surface area (Å²) in [7, 11) is 0. The number of carbonyl (C=O) groups is 7. The first-order valence-electron chi connectivity index (χ1n) is 16.3. The summed E-state index contributed by atoms with van der Waals surface area (Å²) in [4.78, 5) is 87.4. The number of hydrogen-bond acceptors (Lipinski definition) is 8. The average molecular weight is 660 g/mol. The lowest BCUT2D eigenvalue weighted by atomic mass is 9.95. The van der Waals surface area contributed by atoms with Crippen molar-refractivity contribution in [3.63, 3.8) is 0 Å². The third kappa shape index (κ3) is 17.2. The molecule has 14 heteroatoms. The molecule has 2 unspecified atom stereocenters. The summed E-state index contributed by atoms with van der Waals surface area (Å²) >= 11 is 0. The Balaban J connectivity index is 2.91. The van der Waals surface area contributed by atoms with Gasteiger partial charge >= 0.3 is 0 Å². The van der Waals surface area contributed by atoms with Gasteiger partial charge < -0.3 is 38.1 Å². The molecule has 0 aliphatic rings. The number of ketones is 1. The highest BCUT2D eigenvalue weighted by atomic mass is 16.2. The van der Waals surface area contributed by atoms with E-state index in [2.05, 4.69) is 26.6 Å². The van der Waals surface area contributed by atoms with Crippen molar-refractivity contribution in [1.29, 1.82) is 0 Å². The quantitative estimate of drug-likeness (QED) is 0.0555. The summed E-state index contributed by atoms with van der Waals surface area (Å²) in [6.45, 7) is 5.39. The van der Waals surface area contributed by atoms with E-state index < -0.39 is 60.1 Å². The van der Waals surface area contributed by atoms with Crippen LogP contribution in [0.5, 0.6) is 0 Å². The van der Waals surface area contributed by atoms with Gasteiger partial charge in [-0.1, -0.05) is 70.4 Å². The summed E-state index contributed by atoms with van der Waals surface area (Å²) in [6.07, 6.45) is 4.41. The highest BCUT2D eigenvalue weighted by molar-refractivity contribution is 5.95. The fourth-order valence-corrected chi connectivity index (χ4v) is 4.86. The Labute approximate surface area is 277 Å². The van der Waals surface area contributed by atoms with Gasteiger partial charge in [0.1, 0.15) is 18.1 Å². The van der Waals surface area contributed by atoms with Crippen molar-refractivity contribution in [2.75, 3.05) is 19.6 Å². The monoisotopic (exact) mass is 659 g/mol. The molecule has 14 nitrogen and oxygen atoms in total. The van der Waals surface area contributed by atoms with Gasteiger partial charge in [-0.25, -0.2) is 0 Å². The summed E-state index contributed by atoms with van der Waals surface area (Å²) < 4.78 is 0. The van der Waals surface area contributed by atoms with Crippen LogP contribution in [-0.4, -0.2) is 79.5 Å². The molecule has 0 aromatic heterocycles. The lowest BCUT2D eigenvalue weighted by molar-refractivity contribution is -0.133. The SMILES string of the molecule is CCCC[C@H](NC=O)C(=O)NC(CC(C)C)C(=O)N[C@@H](Cc1ccccc1)C(=O)NCC(=O)NCC(=O)CC(CCCCN)C(N)=O. The van der Waals surface area contributed by atoms with Gasteiger partial charge in [-0.05, 0) is 43.7 Å². The molecule has 262 valence electrons. The molecular weight excluding hydrogens is 606 g/mol. The Morgan fingerprint density at radius 2 is 1.47 bits per heavy atom. The maximum absolute atomic E-state index is 13.5. The zero-order valence-electron chi connectivity index (χ0n) is 27.8. The van der Waals surface area contributed by atoms with E-state index in [1.54, 1.807) is 24.3 Å². The summed E-state index contributed by atoms with van der Waals surface area (Å²) in [6, 6.07) is 6.08. The van der Waals surface area contributed by atoms with Crippen molar-refractivity contribution >= 4 is 41.7 Å². The fraction of sp³-hybridized carbons (Fsp3) is 0.606. The Kier molecular flexibility index (Phi) is 20.0. The van der Waals surface area contributed by atoms with Gasteiger partial charge in [-0.3, -0.25) is 33.6 Å². The van der Waals surface area contributed by atoms with E-state index in [1.807, 2.05) is 26.8 Å². The van der Waals surface area contributed by atoms with Crippen LogP contribution >= 0.6 is 0 Å². The van der Waals surface area contributed by atoms with E-state index in [4.69, 9.17) is 11.5 Å². The number of primary amides is 1. The number of carbonyl (C=O) groups excluding carboxylic acids is 7. The molecule has 1 aromatic rings. The topological polar surface area (TPSA) is 232 Å². The lowest BCUT2D eigenvalue weighted by Crippen LogP contribution is -2.57. The molecule has 9 N–H and O–H groups in total. The molecule has 6 amide bonds. The molecule has 47 heavy (non-hydrogen) atoms. The number of amides is 6. The van der Waals surface area contributed by atoms with Crippen molar-refractivity contribution in [2.45, 2.75) is 96.7 Å². The molecule has 0 saturated heterocycles. The molecule has 0 aliphatic carbocycles. The number of nitrogens with two attached hydrogens (primary N) is 2. The van der Waals surface area contributed by atoms with Gasteiger partial charge in [0.05, 0.1) is 13.1 Å². The maximum Gasteiger partial charge on any atom is 0.243 e. The van der Waals surface area contributed by atoms with Crippen LogP contribution in [0.25, 0.3) is 0 Å². The maximum atomic E-state index is 13.5. The molecule has 0 spiro atoms. The van der Waals surface area contributed by atoms with Crippen LogP contribution in [0.1, 0.15) is 77.7 Å². The molecule has 0 bridgehead atoms. The van der Waals surface area contributed by atoms with E-state index in [-0.39, 0.29) is 37.5 Å². The molecule has 0 aliphatic heterocycles. The molecule has 1 aromatic carbocycles. The largest absolute Gasteiger partial charge is 0.369 e. The van der Waals surface area contributed by atoms with Crippen LogP contribution < -0.4 is 38.1 Å². The molecule has 0 saturated carbocycles. The van der Waals surface area contributed by atoms with Crippen LogP contribution in [-0.2, 0) is 40.0 Å². The summed E-state index contributed by atoms with van der Waals surface area (Å²) in [5, 5.41) is 12.9. The molecule has 0 fully saturated rings. The van der Waals surface area contributed by atoms with E-state index in [9.17, 15) is 33.6 Å².